The van der Waals surface area contributed by atoms with Crippen molar-refractivity contribution in [1.29, 1.82) is 0 Å². The van der Waals surface area contributed by atoms with Gasteiger partial charge in [0.25, 0.3) is 0 Å². The number of methoxy groups -OCH3 is 2. The lowest BCUT2D eigenvalue weighted by Crippen LogP contribution is -2.10. The van der Waals surface area contributed by atoms with E-state index in [1.165, 1.54) is 25.3 Å². The zero-order chi connectivity index (χ0) is 18.4. The summed E-state index contributed by atoms with van der Waals surface area (Å²) < 4.78 is 23.7. The molecule has 6 heteroatoms. The molecule has 0 spiro atoms. The summed E-state index contributed by atoms with van der Waals surface area (Å²) in [5.41, 5.74) is 1.79. The van der Waals surface area contributed by atoms with E-state index in [0.717, 1.165) is 17.2 Å². The van der Waals surface area contributed by atoms with Crippen LogP contribution in [0.15, 0.2) is 42.5 Å². The minimum Gasteiger partial charge on any atom is -0.496 e. The van der Waals surface area contributed by atoms with Crippen molar-refractivity contribution < 1.29 is 23.5 Å². The van der Waals surface area contributed by atoms with E-state index in [-0.39, 0.29) is 11.3 Å². The molecule has 0 aliphatic rings. The highest BCUT2D eigenvalue weighted by Gasteiger charge is 2.11. The summed E-state index contributed by atoms with van der Waals surface area (Å²) in [5, 5.41) is 2.42. The number of anilines is 1. The molecule has 5 nitrogen and oxygen atoms in total. The summed E-state index contributed by atoms with van der Waals surface area (Å²) in [7, 11) is 2.75. The predicted molar refractivity (Wildman–Crippen MR) is 93.1 cm³/mol. The van der Waals surface area contributed by atoms with E-state index in [9.17, 15) is 14.0 Å². The Kier molecular flexibility index (Phi) is 5.89. The van der Waals surface area contributed by atoms with Gasteiger partial charge in [0, 0.05) is 11.6 Å². The van der Waals surface area contributed by atoms with E-state index in [1.54, 1.807) is 19.3 Å². The number of halogens is 1. The van der Waals surface area contributed by atoms with Crippen LogP contribution in [0.4, 0.5) is 10.1 Å². The van der Waals surface area contributed by atoms with Gasteiger partial charge in [-0.2, -0.15) is 0 Å². The fourth-order valence-electron chi connectivity index (χ4n) is 2.19. The van der Waals surface area contributed by atoms with Gasteiger partial charge in [0.05, 0.1) is 25.5 Å². The third-order valence-corrected chi connectivity index (χ3v) is 3.45. The van der Waals surface area contributed by atoms with Gasteiger partial charge in [0.1, 0.15) is 11.6 Å². The lowest BCUT2D eigenvalue weighted by Gasteiger charge is -2.07. The standard InChI is InChI=1S/C19H18FNO4/c1-12-4-8-17(24-2)13(10-12)6-9-18(22)21-16-7-5-14(11-15(16)20)19(23)25-3/h4-11H,1-3H3,(H,21,22)/b9-6+. The topological polar surface area (TPSA) is 64.6 Å². The smallest absolute Gasteiger partial charge is 0.337 e. The van der Waals surface area contributed by atoms with Crippen LogP contribution < -0.4 is 10.1 Å². The van der Waals surface area contributed by atoms with Gasteiger partial charge in [0.15, 0.2) is 0 Å². The van der Waals surface area contributed by atoms with E-state index in [4.69, 9.17) is 4.74 Å². The van der Waals surface area contributed by atoms with Crippen molar-refractivity contribution in [2.75, 3.05) is 19.5 Å². The molecule has 0 aliphatic heterocycles. The zero-order valence-corrected chi connectivity index (χ0v) is 14.1. The first-order chi connectivity index (χ1) is 11.9. The van der Waals surface area contributed by atoms with Crippen molar-refractivity contribution in [2.45, 2.75) is 6.92 Å². The Morgan fingerprint density at radius 2 is 1.88 bits per heavy atom. The Morgan fingerprint density at radius 1 is 1.12 bits per heavy atom. The predicted octanol–water partition coefficient (Wildman–Crippen LogP) is 3.58. The van der Waals surface area contributed by atoms with Crippen LogP contribution in [0, 0.1) is 12.7 Å². The van der Waals surface area contributed by atoms with Gasteiger partial charge in [-0.25, -0.2) is 9.18 Å². The summed E-state index contributed by atoms with van der Waals surface area (Å²) in [6, 6.07) is 9.26. The van der Waals surface area contributed by atoms with Crippen LogP contribution in [0.5, 0.6) is 5.75 Å². The molecule has 0 saturated heterocycles. The normalized spacial score (nSPS) is 10.6. The maximum atomic E-state index is 14.0. The van der Waals surface area contributed by atoms with Crippen LogP contribution in [-0.4, -0.2) is 26.1 Å². The minimum absolute atomic E-state index is 0.0292. The SMILES string of the molecule is COC(=O)c1ccc(NC(=O)/C=C/c2cc(C)ccc2OC)c(F)c1. The van der Waals surface area contributed by atoms with Gasteiger partial charge in [-0.3, -0.25) is 4.79 Å². The number of ether oxygens (including phenoxy) is 2. The average Bonchev–Trinajstić information content (AvgIpc) is 2.61. The lowest BCUT2D eigenvalue weighted by molar-refractivity contribution is -0.111. The van der Waals surface area contributed by atoms with Crippen LogP contribution in [0.2, 0.25) is 0 Å². The molecule has 2 aromatic rings. The van der Waals surface area contributed by atoms with Gasteiger partial charge in [-0.15, -0.1) is 0 Å². The molecule has 25 heavy (non-hydrogen) atoms. The highest BCUT2D eigenvalue weighted by atomic mass is 19.1. The average molecular weight is 343 g/mol. The van der Waals surface area contributed by atoms with Crippen LogP contribution in [0.25, 0.3) is 6.08 Å². The highest BCUT2D eigenvalue weighted by Crippen LogP contribution is 2.21. The van der Waals surface area contributed by atoms with E-state index < -0.39 is 17.7 Å². The minimum atomic E-state index is -0.724. The first kappa shape index (κ1) is 18.2. The number of carbonyl (C=O) groups is 2. The molecular weight excluding hydrogens is 325 g/mol. The molecule has 130 valence electrons. The summed E-state index contributed by atoms with van der Waals surface area (Å²) >= 11 is 0. The molecule has 0 fully saturated rings. The van der Waals surface area contributed by atoms with Crippen LogP contribution >= 0.6 is 0 Å². The number of benzene rings is 2. The van der Waals surface area contributed by atoms with Crippen molar-refractivity contribution in [3.63, 3.8) is 0 Å². The first-order valence-electron chi connectivity index (χ1n) is 7.46. The van der Waals surface area contributed by atoms with Gasteiger partial charge in [0.2, 0.25) is 5.91 Å². The maximum absolute atomic E-state index is 14.0. The molecule has 1 amide bonds. The van der Waals surface area contributed by atoms with Crippen LogP contribution in [0.1, 0.15) is 21.5 Å². The fourth-order valence-corrected chi connectivity index (χ4v) is 2.19. The zero-order valence-electron chi connectivity index (χ0n) is 14.1. The molecule has 0 saturated carbocycles. The maximum Gasteiger partial charge on any atom is 0.337 e. The number of hydrogen-bond donors (Lipinski definition) is 1. The second-order valence-electron chi connectivity index (χ2n) is 5.25. The molecule has 0 aromatic heterocycles. The van der Waals surface area contributed by atoms with Crippen molar-refractivity contribution in [2.24, 2.45) is 0 Å². The Labute approximate surface area is 145 Å². The largest absolute Gasteiger partial charge is 0.496 e. The van der Waals surface area contributed by atoms with E-state index >= 15 is 0 Å². The number of nitrogens with one attached hydrogen (secondary N) is 1. The summed E-state index contributed by atoms with van der Waals surface area (Å²) in [5.74, 6) is -1.25. The summed E-state index contributed by atoms with van der Waals surface area (Å²) in [6.07, 6.45) is 2.87. The van der Waals surface area contributed by atoms with Crippen LogP contribution in [-0.2, 0) is 9.53 Å². The Morgan fingerprint density at radius 3 is 2.52 bits per heavy atom. The highest BCUT2D eigenvalue weighted by molar-refractivity contribution is 6.02. The number of esters is 1. The van der Waals surface area contributed by atoms with E-state index in [2.05, 4.69) is 10.1 Å². The van der Waals surface area contributed by atoms with E-state index in [0.29, 0.717) is 5.75 Å². The number of aryl methyl sites for hydroxylation is 1. The molecule has 0 aliphatic carbocycles. The van der Waals surface area contributed by atoms with E-state index in [1.807, 2.05) is 19.1 Å². The van der Waals surface area contributed by atoms with Crippen molar-refractivity contribution in [3.05, 3.63) is 65.0 Å². The molecular formula is C19H18FNO4. The molecule has 0 atom stereocenters. The van der Waals surface area contributed by atoms with Crippen molar-refractivity contribution in [1.82, 2.24) is 0 Å². The van der Waals surface area contributed by atoms with Gasteiger partial charge >= 0.3 is 5.97 Å². The number of amides is 1. The molecule has 0 bridgehead atoms. The third-order valence-electron chi connectivity index (χ3n) is 3.45. The monoisotopic (exact) mass is 343 g/mol. The summed E-state index contributed by atoms with van der Waals surface area (Å²) in [6.45, 7) is 1.93. The molecule has 2 rings (SSSR count). The molecule has 0 radical (unpaired) electrons. The van der Waals surface area contributed by atoms with Gasteiger partial charge in [-0.1, -0.05) is 11.6 Å². The van der Waals surface area contributed by atoms with Gasteiger partial charge in [-0.05, 0) is 43.3 Å². The fraction of sp³-hybridized carbons (Fsp3) is 0.158. The van der Waals surface area contributed by atoms with Crippen molar-refractivity contribution >= 4 is 23.6 Å². The number of carbonyl (C=O) groups excluding carboxylic acids is 2. The molecule has 1 N–H and O–H groups in total. The van der Waals surface area contributed by atoms with Crippen molar-refractivity contribution in [3.8, 4) is 5.75 Å². The quantitative estimate of drug-likeness (QED) is 0.666. The third kappa shape index (κ3) is 4.67. The van der Waals surface area contributed by atoms with Gasteiger partial charge < -0.3 is 14.8 Å². The second-order valence-corrected chi connectivity index (χ2v) is 5.25. The molecule has 0 heterocycles. The van der Waals surface area contributed by atoms with Crippen LogP contribution in [0.3, 0.4) is 0 Å². The Hall–Kier alpha value is -3.15. The number of hydrogen-bond acceptors (Lipinski definition) is 4. The lowest BCUT2D eigenvalue weighted by atomic mass is 10.1. The number of rotatable bonds is 5. The summed E-state index contributed by atoms with van der Waals surface area (Å²) in [4.78, 5) is 23.3. The molecule has 2 aromatic carbocycles. The second kappa shape index (κ2) is 8.10. The molecule has 0 unspecified atom stereocenters. The Bertz CT molecular complexity index is 830. The first-order valence-corrected chi connectivity index (χ1v) is 7.46. The Balaban J connectivity index is 2.13.